The maximum atomic E-state index is 13.9. The van der Waals surface area contributed by atoms with E-state index in [4.69, 9.17) is 5.11 Å². The Balaban J connectivity index is 2.78. The van der Waals surface area contributed by atoms with Crippen LogP contribution in [0, 0.1) is 5.82 Å². The lowest BCUT2D eigenvalue weighted by atomic mass is 10.0. The molecule has 1 heterocycles. The molecule has 1 aromatic carbocycles. The molecular weight excluding hydrogens is 233 g/mol. The Morgan fingerprint density at radius 1 is 1.33 bits per heavy atom. The quantitative estimate of drug-likeness (QED) is 0.903. The topological polar surface area (TPSA) is 42.2 Å². The smallest absolute Gasteiger partial charge is 0.310 e. The average Bonchev–Trinajstić information content (AvgIpc) is 2.68. The summed E-state index contributed by atoms with van der Waals surface area (Å²) in [7, 11) is 0. The first-order valence-corrected chi connectivity index (χ1v) is 5.95. The molecule has 0 saturated carbocycles. The SMILES string of the molecule is CC(C(=O)O)c1cn(C(C)C)c2cccc(F)c12. The number of fused-ring (bicyclic) bond motifs is 1. The summed E-state index contributed by atoms with van der Waals surface area (Å²) < 4.78 is 15.9. The number of aliphatic carboxylic acids is 1. The lowest BCUT2D eigenvalue weighted by Crippen LogP contribution is -2.07. The number of aromatic nitrogens is 1. The van der Waals surface area contributed by atoms with Crippen molar-refractivity contribution in [3.05, 3.63) is 35.8 Å². The van der Waals surface area contributed by atoms with Gasteiger partial charge in [-0.25, -0.2) is 4.39 Å². The molecule has 2 rings (SSSR count). The van der Waals surface area contributed by atoms with Gasteiger partial charge in [0.2, 0.25) is 0 Å². The van der Waals surface area contributed by atoms with Gasteiger partial charge in [-0.05, 0) is 38.5 Å². The summed E-state index contributed by atoms with van der Waals surface area (Å²) in [6.07, 6.45) is 1.75. The van der Waals surface area contributed by atoms with Crippen LogP contribution in [0.3, 0.4) is 0 Å². The van der Waals surface area contributed by atoms with Gasteiger partial charge < -0.3 is 9.67 Å². The van der Waals surface area contributed by atoms with E-state index in [-0.39, 0.29) is 11.9 Å². The molecule has 0 aliphatic rings. The maximum Gasteiger partial charge on any atom is 0.310 e. The molecule has 0 fully saturated rings. The van der Waals surface area contributed by atoms with Gasteiger partial charge >= 0.3 is 5.97 Å². The molecule has 0 bridgehead atoms. The third kappa shape index (κ3) is 1.88. The molecule has 0 aliphatic carbocycles. The van der Waals surface area contributed by atoms with Crippen LogP contribution in [0.15, 0.2) is 24.4 Å². The molecule has 0 amide bonds. The Morgan fingerprint density at radius 3 is 2.56 bits per heavy atom. The second-order valence-corrected chi connectivity index (χ2v) is 4.78. The number of benzene rings is 1. The minimum Gasteiger partial charge on any atom is -0.481 e. The van der Waals surface area contributed by atoms with Crippen molar-refractivity contribution in [3.63, 3.8) is 0 Å². The Labute approximate surface area is 105 Å². The third-order valence-electron chi connectivity index (χ3n) is 3.23. The maximum absolute atomic E-state index is 13.9. The van der Waals surface area contributed by atoms with E-state index < -0.39 is 11.9 Å². The van der Waals surface area contributed by atoms with Crippen molar-refractivity contribution in [2.45, 2.75) is 32.7 Å². The number of carbonyl (C=O) groups is 1. The molecule has 1 N–H and O–H groups in total. The zero-order chi connectivity index (χ0) is 13.4. The normalized spacial score (nSPS) is 13.2. The second kappa shape index (κ2) is 4.44. The van der Waals surface area contributed by atoms with Crippen LogP contribution < -0.4 is 0 Å². The Kier molecular flexibility index (Phi) is 3.11. The molecule has 1 aromatic heterocycles. The van der Waals surface area contributed by atoms with Crippen molar-refractivity contribution < 1.29 is 14.3 Å². The highest BCUT2D eigenvalue weighted by Crippen LogP contribution is 2.31. The van der Waals surface area contributed by atoms with Crippen LogP contribution in [0.4, 0.5) is 4.39 Å². The Hall–Kier alpha value is -1.84. The summed E-state index contributed by atoms with van der Waals surface area (Å²) >= 11 is 0. The van der Waals surface area contributed by atoms with E-state index in [1.807, 2.05) is 24.5 Å². The standard InChI is InChI=1S/C14H16FNO2/c1-8(2)16-7-10(9(3)14(17)18)13-11(15)5-4-6-12(13)16/h4-9H,1-3H3,(H,17,18). The van der Waals surface area contributed by atoms with Gasteiger partial charge in [0.25, 0.3) is 0 Å². The van der Waals surface area contributed by atoms with Crippen molar-refractivity contribution in [2.24, 2.45) is 0 Å². The van der Waals surface area contributed by atoms with Gasteiger partial charge in [-0.2, -0.15) is 0 Å². The lowest BCUT2D eigenvalue weighted by Gasteiger charge is -2.08. The molecule has 0 saturated heterocycles. The summed E-state index contributed by atoms with van der Waals surface area (Å²) in [5.74, 6) is -2.03. The van der Waals surface area contributed by atoms with E-state index in [1.165, 1.54) is 6.07 Å². The van der Waals surface area contributed by atoms with Crippen molar-refractivity contribution in [3.8, 4) is 0 Å². The van der Waals surface area contributed by atoms with E-state index in [1.54, 1.807) is 19.2 Å². The monoisotopic (exact) mass is 249 g/mol. The van der Waals surface area contributed by atoms with E-state index in [9.17, 15) is 9.18 Å². The van der Waals surface area contributed by atoms with Crippen LogP contribution in [-0.4, -0.2) is 15.6 Å². The van der Waals surface area contributed by atoms with Crippen LogP contribution in [0.25, 0.3) is 10.9 Å². The van der Waals surface area contributed by atoms with Crippen LogP contribution in [0.2, 0.25) is 0 Å². The molecule has 4 heteroatoms. The molecule has 2 aromatic rings. The lowest BCUT2D eigenvalue weighted by molar-refractivity contribution is -0.138. The highest BCUT2D eigenvalue weighted by molar-refractivity contribution is 5.90. The molecule has 1 unspecified atom stereocenters. The number of hydrogen-bond acceptors (Lipinski definition) is 1. The zero-order valence-corrected chi connectivity index (χ0v) is 10.6. The van der Waals surface area contributed by atoms with E-state index in [2.05, 4.69) is 0 Å². The van der Waals surface area contributed by atoms with Crippen molar-refractivity contribution in [2.75, 3.05) is 0 Å². The van der Waals surface area contributed by atoms with Gasteiger partial charge in [0.05, 0.1) is 11.4 Å². The Morgan fingerprint density at radius 2 is 2.00 bits per heavy atom. The fourth-order valence-corrected chi connectivity index (χ4v) is 2.19. The average molecular weight is 249 g/mol. The first-order valence-electron chi connectivity index (χ1n) is 5.95. The fourth-order valence-electron chi connectivity index (χ4n) is 2.19. The molecule has 0 spiro atoms. The van der Waals surface area contributed by atoms with Crippen molar-refractivity contribution in [1.82, 2.24) is 4.57 Å². The molecule has 3 nitrogen and oxygen atoms in total. The number of hydrogen-bond donors (Lipinski definition) is 1. The van der Waals surface area contributed by atoms with Gasteiger partial charge in [-0.1, -0.05) is 6.07 Å². The minimum absolute atomic E-state index is 0.157. The molecule has 96 valence electrons. The van der Waals surface area contributed by atoms with E-state index in [0.29, 0.717) is 10.9 Å². The predicted octanol–water partition coefficient (Wildman–Crippen LogP) is 3.55. The zero-order valence-electron chi connectivity index (χ0n) is 10.6. The van der Waals surface area contributed by atoms with Crippen LogP contribution in [0.1, 0.15) is 38.3 Å². The number of carboxylic acids is 1. The molecule has 0 radical (unpaired) electrons. The molecule has 1 atom stereocenters. The predicted molar refractivity (Wildman–Crippen MR) is 68.3 cm³/mol. The van der Waals surface area contributed by atoms with Gasteiger partial charge in [0.15, 0.2) is 0 Å². The summed E-state index contributed by atoms with van der Waals surface area (Å²) in [6, 6.07) is 4.98. The van der Waals surface area contributed by atoms with Crippen molar-refractivity contribution in [1.29, 1.82) is 0 Å². The summed E-state index contributed by atoms with van der Waals surface area (Å²) in [5, 5.41) is 9.52. The first-order chi connectivity index (χ1) is 8.43. The van der Waals surface area contributed by atoms with Crippen LogP contribution >= 0.6 is 0 Å². The Bertz CT molecular complexity index is 601. The number of carboxylic acid groups (broad SMARTS) is 1. The van der Waals surface area contributed by atoms with Gasteiger partial charge in [-0.3, -0.25) is 4.79 Å². The largest absolute Gasteiger partial charge is 0.481 e. The highest BCUT2D eigenvalue weighted by atomic mass is 19.1. The summed E-state index contributed by atoms with van der Waals surface area (Å²) in [6.45, 7) is 5.55. The summed E-state index contributed by atoms with van der Waals surface area (Å²) in [4.78, 5) is 11.1. The van der Waals surface area contributed by atoms with Crippen LogP contribution in [-0.2, 0) is 4.79 Å². The van der Waals surface area contributed by atoms with Gasteiger partial charge in [0, 0.05) is 17.6 Å². The molecular formula is C14H16FNO2. The third-order valence-corrected chi connectivity index (χ3v) is 3.23. The number of rotatable bonds is 3. The molecule has 0 aliphatic heterocycles. The number of halogens is 1. The number of nitrogens with zero attached hydrogens (tertiary/aromatic N) is 1. The second-order valence-electron chi connectivity index (χ2n) is 4.78. The molecule has 18 heavy (non-hydrogen) atoms. The van der Waals surface area contributed by atoms with Gasteiger partial charge in [0.1, 0.15) is 5.82 Å². The highest BCUT2D eigenvalue weighted by Gasteiger charge is 2.22. The van der Waals surface area contributed by atoms with Crippen LogP contribution in [0.5, 0.6) is 0 Å². The van der Waals surface area contributed by atoms with Gasteiger partial charge in [-0.15, -0.1) is 0 Å². The fraction of sp³-hybridized carbons (Fsp3) is 0.357. The van der Waals surface area contributed by atoms with Crippen molar-refractivity contribution >= 4 is 16.9 Å². The van der Waals surface area contributed by atoms with E-state index >= 15 is 0 Å². The minimum atomic E-state index is -0.943. The first kappa shape index (κ1) is 12.6. The summed E-state index contributed by atoms with van der Waals surface area (Å²) in [5.41, 5.74) is 1.28. The van der Waals surface area contributed by atoms with E-state index in [0.717, 1.165) is 5.52 Å².